The van der Waals surface area contributed by atoms with Crippen LogP contribution in [0.2, 0.25) is 5.02 Å². The lowest BCUT2D eigenvalue weighted by atomic mass is 10.2. The molecule has 0 aliphatic heterocycles. The average molecular weight is 298 g/mol. The van der Waals surface area contributed by atoms with Gasteiger partial charge in [0.15, 0.2) is 0 Å². The first-order valence-corrected chi connectivity index (χ1v) is 6.38. The van der Waals surface area contributed by atoms with Crippen molar-refractivity contribution < 1.29 is 14.4 Å². The second kappa shape index (κ2) is 7.49. The van der Waals surface area contributed by atoms with Crippen LogP contribution in [-0.2, 0) is 14.4 Å². The van der Waals surface area contributed by atoms with Gasteiger partial charge in [-0.2, -0.15) is 0 Å². The minimum atomic E-state index is -0.432. The average Bonchev–Trinajstić information content (AvgIpc) is 2.39. The van der Waals surface area contributed by atoms with Crippen molar-refractivity contribution in [3.63, 3.8) is 0 Å². The monoisotopic (exact) mass is 297 g/mol. The first kappa shape index (κ1) is 16.0. The first-order chi connectivity index (χ1) is 9.40. The van der Waals surface area contributed by atoms with E-state index in [1.54, 1.807) is 25.1 Å². The van der Waals surface area contributed by atoms with E-state index in [0.717, 1.165) is 5.56 Å². The van der Waals surface area contributed by atoms with Crippen molar-refractivity contribution in [2.75, 3.05) is 5.32 Å². The summed E-state index contributed by atoms with van der Waals surface area (Å²) in [5, 5.41) is 3.24. The van der Waals surface area contributed by atoms with E-state index in [0.29, 0.717) is 10.7 Å². The van der Waals surface area contributed by atoms with Crippen molar-refractivity contribution in [2.24, 2.45) is 0 Å². The molecule has 20 heavy (non-hydrogen) atoms. The Kier molecular flexibility index (Phi) is 5.99. The smallest absolute Gasteiger partial charge is 0.238 e. The molecule has 1 aromatic rings. The van der Waals surface area contributed by atoms with Crippen LogP contribution in [-0.4, -0.2) is 17.7 Å². The molecule has 0 spiro atoms. The molecule has 1 rings (SSSR count). The van der Waals surface area contributed by atoms with Crippen LogP contribution in [0, 0.1) is 6.92 Å². The highest BCUT2D eigenvalue weighted by molar-refractivity contribution is 6.31. The molecule has 0 fully saturated rings. The molecule has 0 radical (unpaired) electrons. The number of carbonyl (C=O) groups excluding carboxylic acids is 3. The lowest BCUT2D eigenvalue weighted by Crippen LogP contribution is -2.40. The maximum absolute atomic E-state index is 11.7. The van der Waals surface area contributed by atoms with Crippen molar-refractivity contribution in [3.8, 4) is 0 Å². The van der Waals surface area contributed by atoms with Gasteiger partial charge in [0.2, 0.25) is 17.7 Å². The van der Waals surface area contributed by atoms with Gasteiger partial charge in [-0.05, 0) is 24.6 Å². The zero-order valence-electron chi connectivity index (χ0n) is 11.2. The summed E-state index contributed by atoms with van der Waals surface area (Å²) >= 11 is 5.94. The van der Waals surface area contributed by atoms with Gasteiger partial charge in [-0.25, -0.2) is 0 Å². The second-order valence-corrected chi connectivity index (χ2v) is 4.60. The molecule has 0 aliphatic carbocycles. The largest absolute Gasteiger partial charge is 0.326 e. The number of amides is 3. The Hall–Kier alpha value is -2.08. The topological polar surface area (TPSA) is 87.3 Å². The third-order valence-corrected chi connectivity index (χ3v) is 2.91. The maximum Gasteiger partial charge on any atom is 0.238 e. The molecule has 0 bridgehead atoms. The number of hydrogen-bond acceptors (Lipinski definition) is 3. The number of anilines is 1. The summed E-state index contributed by atoms with van der Waals surface area (Å²) in [6, 6.07) is 5.19. The Morgan fingerprint density at radius 2 is 1.75 bits per heavy atom. The van der Waals surface area contributed by atoms with Crippen LogP contribution in [0.25, 0.3) is 0 Å². The summed E-state index contributed by atoms with van der Waals surface area (Å²) in [6.07, 6.45) is -0.0108. The Balaban J connectivity index is 2.42. The van der Waals surface area contributed by atoms with Gasteiger partial charge in [-0.1, -0.05) is 17.7 Å². The summed E-state index contributed by atoms with van der Waals surface area (Å²) in [7, 11) is 0. The van der Waals surface area contributed by atoms with Crippen LogP contribution >= 0.6 is 11.6 Å². The summed E-state index contributed by atoms with van der Waals surface area (Å²) in [6.45, 7) is 3.07. The van der Waals surface area contributed by atoms with E-state index in [4.69, 9.17) is 11.6 Å². The minimum absolute atomic E-state index is 0.0113. The van der Waals surface area contributed by atoms with Gasteiger partial charge >= 0.3 is 0 Å². The highest BCUT2D eigenvalue weighted by Crippen LogP contribution is 2.22. The molecule has 0 aromatic heterocycles. The fourth-order valence-electron chi connectivity index (χ4n) is 1.40. The highest BCUT2D eigenvalue weighted by Gasteiger charge is 2.09. The standard InChI is InChI=1S/C13H16ClN3O3/c1-8-10(14)4-3-5-11(8)15-12(19)6-7-13(20)17-16-9(2)18/h3-5H,6-7H2,1-2H3,(H,15,19)(H,16,18)(H,17,20). The zero-order valence-corrected chi connectivity index (χ0v) is 12.0. The van der Waals surface area contributed by atoms with Gasteiger partial charge in [-0.3, -0.25) is 25.2 Å². The number of carbonyl (C=O) groups is 3. The molecule has 0 saturated carbocycles. The van der Waals surface area contributed by atoms with Crippen LogP contribution < -0.4 is 16.2 Å². The Morgan fingerprint density at radius 3 is 2.40 bits per heavy atom. The minimum Gasteiger partial charge on any atom is -0.326 e. The molecular weight excluding hydrogens is 282 g/mol. The summed E-state index contributed by atoms with van der Waals surface area (Å²) < 4.78 is 0. The third kappa shape index (κ3) is 5.27. The van der Waals surface area contributed by atoms with Gasteiger partial charge in [0.05, 0.1) is 0 Å². The van der Waals surface area contributed by atoms with Crippen molar-refractivity contribution in [3.05, 3.63) is 28.8 Å². The van der Waals surface area contributed by atoms with Crippen LogP contribution in [0.5, 0.6) is 0 Å². The highest BCUT2D eigenvalue weighted by atomic mass is 35.5. The molecule has 108 valence electrons. The Labute approximate surface area is 121 Å². The van der Waals surface area contributed by atoms with Gasteiger partial charge in [0, 0.05) is 30.5 Å². The van der Waals surface area contributed by atoms with Crippen LogP contribution in [0.4, 0.5) is 5.69 Å². The number of hydrazine groups is 1. The van der Waals surface area contributed by atoms with E-state index in [1.165, 1.54) is 6.92 Å². The number of hydrogen-bond donors (Lipinski definition) is 3. The molecule has 3 amide bonds. The van der Waals surface area contributed by atoms with Crippen molar-refractivity contribution >= 4 is 35.0 Å². The summed E-state index contributed by atoms with van der Waals surface area (Å²) in [4.78, 5) is 33.6. The molecule has 0 atom stereocenters. The lowest BCUT2D eigenvalue weighted by molar-refractivity contribution is -0.128. The SMILES string of the molecule is CC(=O)NNC(=O)CCC(=O)Nc1cccc(Cl)c1C. The van der Waals surface area contributed by atoms with E-state index in [9.17, 15) is 14.4 Å². The lowest BCUT2D eigenvalue weighted by Gasteiger charge is -2.09. The van der Waals surface area contributed by atoms with Crippen molar-refractivity contribution in [2.45, 2.75) is 26.7 Å². The number of nitrogens with one attached hydrogen (secondary N) is 3. The fraction of sp³-hybridized carbons (Fsp3) is 0.308. The molecule has 0 saturated heterocycles. The molecular formula is C13H16ClN3O3. The summed E-state index contributed by atoms with van der Waals surface area (Å²) in [5.41, 5.74) is 5.71. The Bertz CT molecular complexity index is 532. The van der Waals surface area contributed by atoms with Crippen LogP contribution in [0.1, 0.15) is 25.3 Å². The van der Waals surface area contributed by atoms with Crippen LogP contribution in [0.15, 0.2) is 18.2 Å². The fourth-order valence-corrected chi connectivity index (χ4v) is 1.58. The first-order valence-electron chi connectivity index (χ1n) is 6.00. The van der Waals surface area contributed by atoms with E-state index in [1.807, 2.05) is 0 Å². The summed E-state index contributed by atoms with van der Waals surface area (Å²) in [5.74, 6) is -1.11. The van der Waals surface area contributed by atoms with E-state index < -0.39 is 5.91 Å². The molecule has 0 unspecified atom stereocenters. The molecule has 3 N–H and O–H groups in total. The van der Waals surface area contributed by atoms with Crippen molar-refractivity contribution in [1.29, 1.82) is 0 Å². The van der Waals surface area contributed by atoms with E-state index in [2.05, 4.69) is 16.2 Å². The molecule has 0 aliphatic rings. The van der Waals surface area contributed by atoms with Gasteiger partial charge in [0.25, 0.3) is 0 Å². The van der Waals surface area contributed by atoms with E-state index in [-0.39, 0.29) is 24.7 Å². The zero-order chi connectivity index (χ0) is 15.1. The number of rotatable bonds is 4. The van der Waals surface area contributed by atoms with Gasteiger partial charge < -0.3 is 5.32 Å². The molecule has 7 heteroatoms. The third-order valence-electron chi connectivity index (χ3n) is 2.50. The van der Waals surface area contributed by atoms with E-state index >= 15 is 0 Å². The Morgan fingerprint density at radius 1 is 1.10 bits per heavy atom. The number of halogens is 1. The normalized spacial score (nSPS) is 9.75. The molecule has 0 heterocycles. The van der Waals surface area contributed by atoms with Gasteiger partial charge in [0.1, 0.15) is 0 Å². The van der Waals surface area contributed by atoms with Crippen molar-refractivity contribution in [1.82, 2.24) is 10.9 Å². The second-order valence-electron chi connectivity index (χ2n) is 4.19. The maximum atomic E-state index is 11.7. The van der Waals surface area contributed by atoms with Crippen LogP contribution in [0.3, 0.4) is 0 Å². The predicted molar refractivity (Wildman–Crippen MR) is 76.0 cm³/mol. The number of benzene rings is 1. The van der Waals surface area contributed by atoms with Gasteiger partial charge in [-0.15, -0.1) is 0 Å². The molecule has 6 nitrogen and oxygen atoms in total. The predicted octanol–water partition coefficient (Wildman–Crippen LogP) is 1.53. The molecule has 1 aromatic carbocycles. The quantitative estimate of drug-likeness (QED) is 0.737.